The fourth-order valence-corrected chi connectivity index (χ4v) is 6.63. The molecule has 1 aromatic heterocycles. The lowest BCUT2D eigenvalue weighted by Crippen LogP contribution is -2.63. The van der Waals surface area contributed by atoms with Gasteiger partial charge in [0.1, 0.15) is 41.0 Å². The summed E-state index contributed by atoms with van der Waals surface area (Å²) < 4.78 is 16.7. The highest BCUT2D eigenvalue weighted by Gasteiger charge is 2.60. The number of aliphatic hydroxyl groups excluding tert-OH is 1. The molecule has 220 valence electrons. The van der Waals surface area contributed by atoms with Gasteiger partial charge in [0.15, 0.2) is 16.0 Å². The zero-order chi connectivity index (χ0) is 30.7. The number of amides is 2. The number of hydrogen-bond acceptors (Lipinski definition) is 11. The van der Waals surface area contributed by atoms with Crippen LogP contribution in [0.5, 0.6) is 5.75 Å². The summed E-state index contributed by atoms with van der Waals surface area (Å²) in [5.74, 6) is -1.67. The van der Waals surface area contributed by atoms with Gasteiger partial charge in [0.2, 0.25) is 5.91 Å². The van der Waals surface area contributed by atoms with E-state index in [1.807, 2.05) is 36.6 Å². The first-order valence-electron chi connectivity index (χ1n) is 13.2. The highest BCUT2D eigenvalue weighted by Crippen LogP contribution is 2.48. The zero-order valence-corrected chi connectivity index (χ0v) is 26.0. The summed E-state index contributed by atoms with van der Waals surface area (Å²) in [6.45, 7) is 3.55. The molecule has 0 bridgehead atoms. The van der Waals surface area contributed by atoms with E-state index in [1.54, 1.807) is 18.3 Å². The minimum absolute atomic E-state index is 0.0204. The smallest absolute Gasteiger partial charge is 0.418 e. The number of benzene rings is 2. The number of carbonyl (C=O) groups excluding carboxylic acids is 3. The van der Waals surface area contributed by atoms with Crippen LogP contribution in [0, 0.1) is 11.8 Å². The topological polar surface area (TPSA) is 143 Å². The molecule has 3 N–H and O–H groups in total. The molecule has 3 heterocycles. The number of carbonyl (C=O) groups is 3. The van der Waals surface area contributed by atoms with Gasteiger partial charge < -0.3 is 33.8 Å². The van der Waals surface area contributed by atoms with Crippen LogP contribution in [0.1, 0.15) is 18.9 Å². The van der Waals surface area contributed by atoms with Gasteiger partial charge >= 0.3 is 12.1 Å². The lowest BCUT2D eigenvalue weighted by Gasteiger charge is -2.46. The Morgan fingerprint density at radius 1 is 1.16 bits per heavy atom. The third kappa shape index (κ3) is 6.16. The summed E-state index contributed by atoms with van der Waals surface area (Å²) in [4.78, 5) is 51.5. The van der Waals surface area contributed by atoms with Crippen molar-refractivity contribution < 1.29 is 33.3 Å². The highest BCUT2D eigenvalue weighted by atomic mass is 32.1. The molecule has 3 aromatic rings. The first-order valence-corrected chi connectivity index (χ1v) is 15.9. The van der Waals surface area contributed by atoms with Gasteiger partial charge in [0.05, 0.1) is 30.3 Å². The van der Waals surface area contributed by atoms with E-state index < -0.39 is 59.9 Å². The Bertz CT molecular complexity index is 1550. The summed E-state index contributed by atoms with van der Waals surface area (Å²) in [7, 11) is 9.61. The van der Waals surface area contributed by atoms with Crippen LogP contribution >= 0.6 is 29.3 Å². The number of ether oxygens (including phenoxy) is 1. The maximum atomic E-state index is 13.6. The van der Waals surface area contributed by atoms with Crippen molar-refractivity contribution in [3.05, 3.63) is 64.3 Å². The quantitative estimate of drug-likeness (QED) is 0.154. The van der Waals surface area contributed by atoms with Crippen LogP contribution in [-0.2, 0) is 25.2 Å². The number of thiazole rings is 1. The summed E-state index contributed by atoms with van der Waals surface area (Å²) in [6.07, 6.45) is 0.0445. The lowest BCUT2D eigenvalue weighted by molar-refractivity contribution is -0.162. The summed E-state index contributed by atoms with van der Waals surface area (Å²) in [5.41, 5.74) is 0.976. The van der Waals surface area contributed by atoms with Gasteiger partial charge in [0, 0.05) is 28.3 Å². The van der Waals surface area contributed by atoms with Crippen LogP contribution in [0.3, 0.4) is 0 Å². The van der Waals surface area contributed by atoms with Gasteiger partial charge in [-0.2, -0.15) is 0 Å². The lowest BCUT2D eigenvalue weighted by atomic mass is 9.77. The molecule has 4 unspecified atom stereocenters. The van der Waals surface area contributed by atoms with Crippen molar-refractivity contribution in [1.29, 1.82) is 0 Å². The van der Waals surface area contributed by atoms with E-state index in [0.29, 0.717) is 22.4 Å². The number of hydrogen-bond donors (Lipinski definition) is 3. The Balaban J connectivity index is 1.56. The summed E-state index contributed by atoms with van der Waals surface area (Å²) in [6, 6.07) is 10.4. The fourth-order valence-electron chi connectivity index (χ4n) is 5.60. The van der Waals surface area contributed by atoms with Crippen molar-refractivity contribution in [2.75, 3.05) is 11.4 Å². The first kappa shape index (κ1) is 31.4. The van der Waals surface area contributed by atoms with Gasteiger partial charge in [-0.1, -0.05) is 31.2 Å². The average molecular weight is 637 g/mol. The molecule has 6 atom stereocenters. The Labute approximate surface area is 258 Å². The van der Waals surface area contributed by atoms with Crippen molar-refractivity contribution in [3.63, 3.8) is 0 Å². The van der Waals surface area contributed by atoms with E-state index in [9.17, 15) is 19.5 Å². The third-order valence-electron chi connectivity index (χ3n) is 7.44. The van der Waals surface area contributed by atoms with Gasteiger partial charge in [-0.3, -0.25) is 9.69 Å². The van der Waals surface area contributed by atoms with E-state index >= 15 is 0 Å². The zero-order valence-electron chi connectivity index (χ0n) is 23.1. The molecule has 2 aromatic carbocycles. The van der Waals surface area contributed by atoms with Crippen LogP contribution in [-0.4, -0.2) is 67.6 Å². The second kappa shape index (κ2) is 13.7. The second-order valence-corrected chi connectivity index (χ2v) is 12.2. The molecular formula is C26H27B2N5O7P2S. The maximum Gasteiger partial charge on any atom is 0.418 e. The summed E-state index contributed by atoms with van der Waals surface area (Å²) in [5, 5.41) is 14.4. The molecule has 0 spiro atoms. The summed E-state index contributed by atoms with van der Waals surface area (Å²) >= 11 is 1.48. The van der Waals surface area contributed by atoms with Crippen molar-refractivity contribution in [3.8, 4) is 5.75 Å². The van der Waals surface area contributed by atoms with Crippen LogP contribution in [0.25, 0.3) is 10.8 Å². The van der Waals surface area contributed by atoms with Crippen molar-refractivity contribution in [1.82, 2.24) is 19.9 Å². The molecule has 0 saturated carbocycles. The number of aliphatic hydroxyl groups is 1. The van der Waals surface area contributed by atoms with Gasteiger partial charge in [-0.15, -0.1) is 11.3 Å². The second-order valence-electron chi connectivity index (χ2n) is 9.81. The average Bonchev–Trinajstić information content (AvgIpc) is 3.60. The largest absolute Gasteiger partial charge is 0.486 e. The maximum absolute atomic E-state index is 13.6. The first-order chi connectivity index (χ1) is 20.8. The van der Waals surface area contributed by atoms with E-state index in [4.69, 9.17) is 29.7 Å². The molecule has 2 aliphatic heterocycles. The van der Waals surface area contributed by atoms with Gasteiger partial charge in [-0.05, 0) is 24.6 Å². The molecule has 2 amide bonds. The number of β-lactam (4-membered cyclic amide) rings is 1. The van der Waals surface area contributed by atoms with Crippen LogP contribution < -0.4 is 19.6 Å². The fraction of sp³-hybridized carbons (Fsp3) is 0.308. The van der Waals surface area contributed by atoms with E-state index in [0.717, 1.165) is 10.4 Å². The number of nitrogens with one attached hydrogen (secondary N) is 2. The van der Waals surface area contributed by atoms with Crippen LogP contribution in [0.15, 0.2) is 59.2 Å². The molecule has 1 fully saturated rings. The molecule has 43 heavy (non-hydrogen) atoms. The predicted octanol–water partition coefficient (Wildman–Crippen LogP) is 2.84. The van der Waals surface area contributed by atoms with Crippen molar-refractivity contribution >= 4 is 79.6 Å². The van der Waals surface area contributed by atoms with Crippen molar-refractivity contribution in [2.24, 2.45) is 11.8 Å². The standard InChI is InChI=1S/C26H27B2N5O7P2S/c1-13-17(23(25(36)39-41-30-27)33-22(13)21(14(2)34)24(33)35)11-32(26(37)40-42-31-28)18-7-3-6-16-15(18)5-4-8-19(16)38-12-20-29-9-10-43-20/h3-10,13-14,21-22,30-31,34,41-42H,11-12H2,1-2H3/t13-,14+,21?,22?/m0/s1. The Morgan fingerprint density at radius 2 is 1.88 bits per heavy atom. The molecule has 2 aliphatic rings. The monoisotopic (exact) mass is 637 g/mol. The minimum atomic E-state index is -0.931. The highest BCUT2D eigenvalue weighted by molar-refractivity contribution is 7.32. The molecule has 12 nitrogen and oxygen atoms in total. The molecular weight excluding hydrogens is 610 g/mol. The number of rotatable bonds is 12. The number of nitrogens with zero attached hydrogens (tertiary/aromatic N) is 3. The normalized spacial score (nSPS) is 20.6. The van der Waals surface area contributed by atoms with Gasteiger partial charge in [-0.25, -0.2) is 14.6 Å². The predicted molar refractivity (Wildman–Crippen MR) is 167 cm³/mol. The molecule has 1 saturated heterocycles. The van der Waals surface area contributed by atoms with Crippen LogP contribution in [0.2, 0.25) is 0 Å². The van der Waals surface area contributed by atoms with Gasteiger partial charge in [0.25, 0.3) is 0 Å². The van der Waals surface area contributed by atoms with Crippen molar-refractivity contribution in [2.45, 2.75) is 32.6 Å². The molecule has 17 heteroatoms. The molecule has 4 radical (unpaired) electrons. The number of aromatic nitrogens is 1. The molecule has 5 rings (SSSR count). The number of anilines is 1. The minimum Gasteiger partial charge on any atom is -0.486 e. The van der Waals surface area contributed by atoms with E-state index in [2.05, 4.69) is 15.0 Å². The number of fused-ring (bicyclic) bond motifs is 2. The van der Waals surface area contributed by atoms with E-state index in [-0.39, 0.29) is 18.8 Å². The van der Waals surface area contributed by atoms with E-state index in [1.165, 1.54) is 28.1 Å². The van der Waals surface area contributed by atoms with Crippen LogP contribution in [0.4, 0.5) is 10.5 Å². The molecule has 0 aliphatic carbocycles. The third-order valence-corrected chi connectivity index (χ3v) is 8.99. The SMILES string of the molecule is [B]NPOC(=O)C1=C(CN(C(=O)OPN[B])c2cccc3c(OCc4nccs4)cccc23)[C@H](C)C2C([C@@H](C)O)C(=O)N12. The Morgan fingerprint density at radius 3 is 2.58 bits per heavy atom. The Kier molecular flexibility index (Phi) is 10.0. The Hall–Kier alpha value is -3.05.